The zero-order chi connectivity index (χ0) is 24.0. The summed E-state index contributed by atoms with van der Waals surface area (Å²) in [6.07, 6.45) is -0.759. The van der Waals surface area contributed by atoms with Crippen molar-refractivity contribution in [3.63, 3.8) is 0 Å². The van der Waals surface area contributed by atoms with Crippen LogP contribution in [-0.2, 0) is 34.0 Å². The van der Waals surface area contributed by atoms with E-state index in [0.717, 1.165) is 26.2 Å². The Kier molecular flexibility index (Phi) is 12.4. The summed E-state index contributed by atoms with van der Waals surface area (Å²) in [4.78, 5) is 37.3. The molecule has 180 valence electrons. The predicted octanol–water partition coefficient (Wildman–Crippen LogP) is -0.331. The Bertz CT molecular complexity index is 828. The van der Waals surface area contributed by atoms with E-state index in [-0.39, 0.29) is 23.9 Å². The highest BCUT2D eigenvalue weighted by atomic mass is 32.2. The summed E-state index contributed by atoms with van der Waals surface area (Å²) in [5.74, 6) is -2.92. The van der Waals surface area contributed by atoms with Crippen LogP contribution in [0.1, 0.15) is 19.8 Å². The molecule has 0 bridgehead atoms. The summed E-state index contributed by atoms with van der Waals surface area (Å²) in [6, 6.07) is 5.79. The molecule has 1 aliphatic rings. The molecule has 0 unspecified atom stereocenters. The van der Waals surface area contributed by atoms with Crippen LogP contribution < -0.4 is 10.0 Å². The number of aliphatic carboxylic acids is 2. The Morgan fingerprint density at radius 2 is 1.78 bits per heavy atom. The van der Waals surface area contributed by atoms with Crippen molar-refractivity contribution in [2.45, 2.75) is 30.7 Å². The summed E-state index contributed by atoms with van der Waals surface area (Å²) in [5, 5.41) is 22.2. The number of carbonyl (C=O) groups is 3. The van der Waals surface area contributed by atoms with Gasteiger partial charge in [-0.05, 0) is 25.5 Å². The van der Waals surface area contributed by atoms with E-state index in [2.05, 4.69) is 5.32 Å². The average molecular weight is 476 g/mol. The van der Waals surface area contributed by atoms with Crippen LogP contribution in [-0.4, -0.2) is 87.0 Å². The van der Waals surface area contributed by atoms with Gasteiger partial charge in [0.2, 0.25) is 10.0 Å². The smallest absolute Gasteiger partial charge is 0.350 e. The monoisotopic (exact) mass is 475 g/mol. The fourth-order valence-corrected chi connectivity index (χ4v) is 3.69. The van der Waals surface area contributed by atoms with Crippen molar-refractivity contribution in [2.75, 3.05) is 39.4 Å². The van der Waals surface area contributed by atoms with Gasteiger partial charge in [-0.15, -0.1) is 5.06 Å². The van der Waals surface area contributed by atoms with Crippen molar-refractivity contribution < 1.29 is 42.6 Å². The first-order valence-corrected chi connectivity index (χ1v) is 11.4. The normalized spacial score (nSPS) is 15.2. The average Bonchev–Trinajstić information content (AvgIpc) is 2.76. The number of nitrogens with one attached hydrogen (secondary N) is 2. The molecule has 12 nitrogen and oxygen atoms in total. The maximum Gasteiger partial charge on any atom is 0.350 e. The molecule has 1 aliphatic heterocycles. The summed E-state index contributed by atoms with van der Waals surface area (Å²) >= 11 is 0. The molecule has 1 aromatic carbocycles. The third-order valence-electron chi connectivity index (χ3n) is 4.03. The van der Waals surface area contributed by atoms with Gasteiger partial charge >= 0.3 is 17.9 Å². The van der Waals surface area contributed by atoms with Gasteiger partial charge in [0.1, 0.15) is 12.6 Å². The number of carboxylic acid groups (broad SMARTS) is 2. The third-order valence-corrected chi connectivity index (χ3v) is 5.51. The molecule has 1 heterocycles. The molecule has 2 rings (SSSR count). The number of hydrogen-bond donors (Lipinski definition) is 4. The van der Waals surface area contributed by atoms with Crippen LogP contribution in [0.25, 0.3) is 0 Å². The van der Waals surface area contributed by atoms with Crippen LogP contribution in [0.2, 0.25) is 0 Å². The molecule has 0 amide bonds. The number of carboxylic acids is 2. The molecule has 0 aliphatic carbocycles. The van der Waals surface area contributed by atoms with Gasteiger partial charge in [-0.1, -0.05) is 18.2 Å². The van der Waals surface area contributed by atoms with Crippen molar-refractivity contribution in [1.29, 1.82) is 0 Å². The molecule has 0 saturated carbocycles. The van der Waals surface area contributed by atoms with E-state index in [0.29, 0.717) is 6.61 Å². The summed E-state index contributed by atoms with van der Waals surface area (Å²) in [5.41, 5.74) is 0. The van der Waals surface area contributed by atoms with Crippen molar-refractivity contribution in [3.05, 3.63) is 30.3 Å². The second kappa shape index (κ2) is 14.5. The fourth-order valence-electron chi connectivity index (χ4n) is 2.45. The van der Waals surface area contributed by atoms with Gasteiger partial charge in [0.25, 0.3) is 0 Å². The fraction of sp³-hybridized carbons (Fsp3) is 0.526. The topological polar surface area (TPSA) is 172 Å². The second-order valence-corrected chi connectivity index (χ2v) is 8.25. The standard InChI is InChI=1S/C11H13NO6S.C8H16N2O3/c13-10(14)7-6-9(11(15)16)12-19(17,18)8-4-2-1-3-5-8;1-2-12-7-8(11)13-10-5-3-9-4-6-10/h1-5,9,12H,6-7H2,(H,13,14)(H,15,16);9H,2-7H2,1H3/t9-;/m0./s1. The van der Waals surface area contributed by atoms with Crippen LogP contribution >= 0.6 is 0 Å². The number of rotatable bonds is 11. The number of ether oxygens (including phenoxy) is 1. The van der Waals surface area contributed by atoms with Gasteiger partial charge in [0.05, 0.1) is 4.90 Å². The van der Waals surface area contributed by atoms with E-state index in [1.54, 1.807) is 11.1 Å². The molecule has 13 heteroatoms. The summed E-state index contributed by atoms with van der Waals surface area (Å²) < 4.78 is 30.6. The van der Waals surface area contributed by atoms with Gasteiger partial charge in [-0.25, -0.2) is 13.2 Å². The first-order chi connectivity index (χ1) is 15.2. The molecule has 0 radical (unpaired) electrons. The van der Waals surface area contributed by atoms with Crippen molar-refractivity contribution in [3.8, 4) is 0 Å². The van der Waals surface area contributed by atoms with Crippen molar-refractivity contribution in [1.82, 2.24) is 15.1 Å². The molecule has 1 aromatic rings. The maximum atomic E-state index is 11.9. The van der Waals surface area contributed by atoms with E-state index in [1.165, 1.54) is 24.3 Å². The minimum atomic E-state index is -3.98. The Hall–Kier alpha value is -2.58. The lowest BCUT2D eigenvalue weighted by molar-refractivity contribution is -0.197. The lowest BCUT2D eigenvalue weighted by atomic mass is 10.2. The lowest BCUT2D eigenvalue weighted by Crippen LogP contribution is -2.44. The number of piperazine rings is 1. The first kappa shape index (κ1) is 27.5. The van der Waals surface area contributed by atoms with E-state index < -0.39 is 34.4 Å². The van der Waals surface area contributed by atoms with Crippen LogP contribution in [0, 0.1) is 0 Å². The van der Waals surface area contributed by atoms with E-state index >= 15 is 0 Å². The number of carbonyl (C=O) groups excluding carboxylic acids is 1. The van der Waals surface area contributed by atoms with Crippen molar-refractivity contribution in [2.24, 2.45) is 0 Å². The number of hydroxylamine groups is 2. The molecule has 32 heavy (non-hydrogen) atoms. The van der Waals surface area contributed by atoms with Gasteiger partial charge in [0.15, 0.2) is 0 Å². The molecule has 1 fully saturated rings. The highest BCUT2D eigenvalue weighted by Gasteiger charge is 2.25. The predicted molar refractivity (Wildman–Crippen MR) is 112 cm³/mol. The molecule has 4 N–H and O–H groups in total. The largest absolute Gasteiger partial charge is 0.481 e. The highest BCUT2D eigenvalue weighted by Crippen LogP contribution is 2.10. The third kappa shape index (κ3) is 11.2. The highest BCUT2D eigenvalue weighted by molar-refractivity contribution is 7.89. The van der Waals surface area contributed by atoms with Crippen LogP contribution in [0.15, 0.2) is 35.2 Å². The molecular formula is C19H29N3O9S. The first-order valence-electron chi connectivity index (χ1n) is 9.92. The molecule has 0 aromatic heterocycles. The maximum absolute atomic E-state index is 11.9. The van der Waals surface area contributed by atoms with Gasteiger partial charge in [-0.3, -0.25) is 9.59 Å². The molecule has 1 atom stereocenters. The van der Waals surface area contributed by atoms with E-state index in [1.807, 2.05) is 11.6 Å². The zero-order valence-corrected chi connectivity index (χ0v) is 18.5. The minimum Gasteiger partial charge on any atom is -0.481 e. The number of hydrogen-bond acceptors (Lipinski definition) is 9. The Morgan fingerprint density at radius 1 is 1.16 bits per heavy atom. The van der Waals surface area contributed by atoms with Gasteiger partial charge in [-0.2, -0.15) is 4.72 Å². The second-order valence-electron chi connectivity index (χ2n) is 6.54. The SMILES string of the molecule is CCOCC(=O)ON1CCNCC1.O=C(O)CC[C@H](NS(=O)(=O)c1ccccc1)C(=O)O. The molecule has 0 spiro atoms. The Morgan fingerprint density at radius 3 is 2.31 bits per heavy atom. The van der Waals surface area contributed by atoms with Crippen molar-refractivity contribution >= 4 is 27.9 Å². The number of benzene rings is 1. The quantitative estimate of drug-likeness (QED) is 0.330. The Balaban J connectivity index is 0.000000343. The zero-order valence-electron chi connectivity index (χ0n) is 17.7. The van der Waals surface area contributed by atoms with E-state index in [4.69, 9.17) is 19.8 Å². The van der Waals surface area contributed by atoms with Crippen LogP contribution in [0.3, 0.4) is 0 Å². The van der Waals surface area contributed by atoms with Crippen LogP contribution in [0.5, 0.6) is 0 Å². The van der Waals surface area contributed by atoms with Gasteiger partial charge in [0, 0.05) is 39.2 Å². The Labute approximate surface area is 186 Å². The van der Waals surface area contributed by atoms with Gasteiger partial charge < -0.3 is 25.1 Å². The molecule has 1 saturated heterocycles. The number of sulfonamides is 1. The molecular weight excluding hydrogens is 446 g/mol. The van der Waals surface area contributed by atoms with E-state index in [9.17, 15) is 22.8 Å². The summed E-state index contributed by atoms with van der Waals surface area (Å²) in [7, 11) is -3.98. The summed E-state index contributed by atoms with van der Waals surface area (Å²) in [6.45, 7) is 5.65. The lowest BCUT2D eigenvalue weighted by Gasteiger charge is -2.25. The number of nitrogens with zero attached hydrogens (tertiary/aromatic N) is 1. The van der Waals surface area contributed by atoms with Crippen LogP contribution in [0.4, 0.5) is 0 Å². The minimum absolute atomic E-state index is 0.0421.